The predicted molar refractivity (Wildman–Crippen MR) is 85.2 cm³/mol. The molecule has 0 unspecified atom stereocenters. The number of rotatable bonds is 4. The number of nitrogens with zero attached hydrogens (tertiary/aromatic N) is 2. The van der Waals surface area contributed by atoms with Crippen molar-refractivity contribution in [3.05, 3.63) is 17.6 Å². The first-order chi connectivity index (χ1) is 10.1. The Morgan fingerprint density at radius 1 is 1.48 bits per heavy atom. The lowest BCUT2D eigenvalue weighted by atomic mass is 10.1. The lowest BCUT2D eigenvalue weighted by Crippen LogP contribution is -2.25. The van der Waals surface area contributed by atoms with Gasteiger partial charge in [0.05, 0.1) is 11.4 Å². The fourth-order valence-electron chi connectivity index (χ4n) is 2.43. The highest BCUT2D eigenvalue weighted by atomic mass is 14.9. The molecule has 0 amide bonds. The highest BCUT2D eigenvalue weighted by Crippen LogP contribution is 2.23. The molecular weight excluding hydrogens is 262 g/mol. The van der Waals surface area contributed by atoms with Crippen LogP contribution in [0.4, 0.5) is 5.82 Å². The topological polar surface area (TPSA) is 87.7 Å². The van der Waals surface area contributed by atoms with E-state index in [9.17, 15) is 0 Å². The quantitative estimate of drug-likeness (QED) is 0.583. The maximum Gasteiger partial charge on any atom is 0.207 e. The molecule has 4 N–H and O–H groups in total. The van der Waals surface area contributed by atoms with Crippen LogP contribution in [0, 0.1) is 23.2 Å². The summed E-state index contributed by atoms with van der Waals surface area (Å²) < 4.78 is 0. The average molecular weight is 285 g/mol. The molecule has 0 radical (unpaired) electrons. The molecule has 2 rings (SSSR count). The second kappa shape index (κ2) is 7.19. The van der Waals surface area contributed by atoms with Crippen LogP contribution in [0.1, 0.15) is 50.5 Å². The monoisotopic (exact) mass is 285 g/mol. The van der Waals surface area contributed by atoms with Crippen molar-refractivity contribution >= 4 is 11.5 Å². The average Bonchev–Trinajstić information content (AvgIpc) is 2.97. The van der Waals surface area contributed by atoms with E-state index >= 15 is 0 Å². The van der Waals surface area contributed by atoms with Gasteiger partial charge in [-0.2, -0.15) is 0 Å². The molecule has 0 bridgehead atoms. The molecule has 1 heterocycles. The first-order valence-corrected chi connectivity index (χ1v) is 7.49. The minimum Gasteiger partial charge on any atom is -0.384 e. The molecule has 1 saturated carbocycles. The normalized spacial score (nSPS) is 16.3. The summed E-state index contributed by atoms with van der Waals surface area (Å²) in [5, 5.41) is 11.2. The summed E-state index contributed by atoms with van der Waals surface area (Å²) in [6.07, 6.45) is 5.45. The third kappa shape index (κ3) is 4.54. The fraction of sp³-hybridized carbons (Fsp3) is 0.562. The van der Waals surface area contributed by atoms with E-state index in [-0.39, 0.29) is 6.04 Å². The van der Waals surface area contributed by atoms with Crippen LogP contribution in [0.5, 0.6) is 0 Å². The van der Waals surface area contributed by atoms with E-state index in [2.05, 4.69) is 27.1 Å². The number of hydrogen-bond acceptors (Lipinski definition) is 5. The van der Waals surface area contributed by atoms with Gasteiger partial charge in [-0.3, -0.25) is 0 Å². The van der Waals surface area contributed by atoms with Gasteiger partial charge in [-0.1, -0.05) is 18.8 Å². The van der Waals surface area contributed by atoms with Gasteiger partial charge in [-0.05, 0) is 32.7 Å². The third-order valence-electron chi connectivity index (χ3n) is 3.80. The number of nitrogens with one attached hydrogen (secondary N) is 2. The molecule has 0 spiro atoms. The molecule has 0 saturated heterocycles. The molecule has 5 nitrogen and oxygen atoms in total. The maximum absolute atomic E-state index is 8.12. The van der Waals surface area contributed by atoms with Gasteiger partial charge in [0.25, 0.3) is 0 Å². The Kier molecular flexibility index (Phi) is 5.29. The van der Waals surface area contributed by atoms with Crippen molar-refractivity contribution in [3.63, 3.8) is 0 Å². The largest absolute Gasteiger partial charge is 0.384 e. The lowest BCUT2D eigenvalue weighted by Gasteiger charge is -2.10. The second-order valence-electron chi connectivity index (χ2n) is 5.62. The predicted octanol–water partition coefficient (Wildman–Crippen LogP) is 1.97. The fourth-order valence-corrected chi connectivity index (χ4v) is 2.43. The minimum absolute atomic E-state index is 0.224. The Balaban J connectivity index is 2.14. The van der Waals surface area contributed by atoms with Gasteiger partial charge >= 0.3 is 0 Å². The molecule has 1 atom stereocenters. The Labute approximate surface area is 126 Å². The Hall–Kier alpha value is -1.93. The van der Waals surface area contributed by atoms with Crippen LogP contribution in [0.3, 0.4) is 0 Å². The molecule has 0 aromatic carbocycles. The molecule has 5 heteroatoms. The van der Waals surface area contributed by atoms with E-state index in [1.54, 1.807) is 6.07 Å². The standard InChI is InChI=1S/C16H23N5/c1-11(19-2)9-13(17)14-10-15(18)21-16(20-14)8-7-12-5-3-4-6-12/h10-12,17,19H,3-6,9H2,1-2H3,(H2,18,20,21)/t11-/m1/s1. The summed E-state index contributed by atoms with van der Waals surface area (Å²) in [7, 11) is 1.88. The van der Waals surface area contributed by atoms with Gasteiger partial charge in [-0.15, -0.1) is 0 Å². The van der Waals surface area contributed by atoms with Crippen LogP contribution < -0.4 is 11.1 Å². The van der Waals surface area contributed by atoms with Crippen molar-refractivity contribution in [2.24, 2.45) is 5.92 Å². The summed E-state index contributed by atoms with van der Waals surface area (Å²) in [5.74, 6) is 7.52. The summed E-state index contributed by atoms with van der Waals surface area (Å²) in [5.41, 5.74) is 6.84. The number of anilines is 1. The molecule has 1 aliphatic rings. The number of aromatic nitrogens is 2. The lowest BCUT2D eigenvalue weighted by molar-refractivity contribution is 0.632. The molecule has 1 aromatic rings. The Bertz CT molecular complexity index is 564. The first-order valence-electron chi connectivity index (χ1n) is 7.49. The van der Waals surface area contributed by atoms with Crippen LogP contribution in [0.2, 0.25) is 0 Å². The molecular formula is C16H23N5. The summed E-state index contributed by atoms with van der Waals surface area (Å²) in [4.78, 5) is 8.52. The van der Waals surface area contributed by atoms with Gasteiger partial charge in [0.2, 0.25) is 5.82 Å². The van der Waals surface area contributed by atoms with E-state index in [0.717, 1.165) is 12.8 Å². The molecule has 0 aliphatic heterocycles. The number of nitrogens with two attached hydrogens (primary N) is 1. The van der Waals surface area contributed by atoms with Crippen molar-refractivity contribution < 1.29 is 0 Å². The van der Waals surface area contributed by atoms with Crippen LogP contribution in [0.25, 0.3) is 0 Å². The number of nitrogen functional groups attached to an aromatic ring is 1. The van der Waals surface area contributed by atoms with E-state index in [4.69, 9.17) is 11.1 Å². The van der Waals surface area contributed by atoms with Crippen LogP contribution >= 0.6 is 0 Å². The Morgan fingerprint density at radius 2 is 2.19 bits per heavy atom. The van der Waals surface area contributed by atoms with Gasteiger partial charge in [0.1, 0.15) is 5.82 Å². The van der Waals surface area contributed by atoms with Crippen molar-refractivity contribution in [3.8, 4) is 11.8 Å². The van der Waals surface area contributed by atoms with E-state index < -0.39 is 0 Å². The third-order valence-corrected chi connectivity index (χ3v) is 3.80. The number of hydrogen-bond donors (Lipinski definition) is 3. The van der Waals surface area contributed by atoms with Gasteiger partial charge in [0, 0.05) is 24.4 Å². The zero-order chi connectivity index (χ0) is 15.2. The zero-order valence-electron chi connectivity index (χ0n) is 12.7. The summed E-state index contributed by atoms with van der Waals surface area (Å²) in [6.45, 7) is 2.03. The molecule has 1 aliphatic carbocycles. The highest BCUT2D eigenvalue weighted by molar-refractivity contribution is 5.97. The molecule has 1 aromatic heterocycles. The van der Waals surface area contributed by atoms with Gasteiger partial charge in [-0.25, -0.2) is 9.97 Å². The SMILES string of the molecule is CN[C@H](C)CC(=N)c1cc(N)nc(C#CC2CCCC2)n1. The van der Waals surface area contributed by atoms with Crippen molar-refractivity contribution in [1.29, 1.82) is 5.41 Å². The van der Waals surface area contributed by atoms with Crippen molar-refractivity contribution in [1.82, 2.24) is 15.3 Å². The summed E-state index contributed by atoms with van der Waals surface area (Å²) >= 11 is 0. The maximum atomic E-state index is 8.12. The van der Waals surface area contributed by atoms with Crippen LogP contribution in [0.15, 0.2) is 6.07 Å². The van der Waals surface area contributed by atoms with Crippen molar-refractivity contribution in [2.45, 2.75) is 45.1 Å². The van der Waals surface area contributed by atoms with Crippen molar-refractivity contribution in [2.75, 3.05) is 12.8 Å². The van der Waals surface area contributed by atoms with E-state index in [1.807, 2.05) is 14.0 Å². The van der Waals surface area contributed by atoms with E-state index in [1.165, 1.54) is 12.8 Å². The van der Waals surface area contributed by atoms with Gasteiger partial charge in [0.15, 0.2) is 0 Å². The van der Waals surface area contributed by atoms with Crippen LogP contribution in [-0.2, 0) is 0 Å². The van der Waals surface area contributed by atoms with Crippen LogP contribution in [-0.4, -0.2) is 28.8 Å². The van der Waals surface area contributed by atoms with E-state index in [0.29, 0.717) is 35.4 Å². The second-order valence-corrected chi connectivity index (χ2v) is 5.62. The van der Waals surface area contributed by atoms with Gasteiger partial charge < -0.3 is 16.5 Å². The summed E-state index contributed by atoms with van der Waals surface area (Å²) in [6, 6.07) is 1.87. The zero-order valence-corrected chi connectivity index (χ0v) is 12.7. The minimum atomic E-state index is 0.224. The molecule has 21 heavy (non-hydrogen) atoms. The first kappa shape index (κ1) is 15.5. The Morgan fingerprint density at radius 3 is 2.86 bits per heavy atom. The molecule has 112 valence electrons. The smallest absolute Gasteiger partial charge is 0.207 e. The highest BCUT2D eigenvalue weighted by Gasteiger charge is 2.12. The molecule has 1 fully saturated rings.